The Hall–Kier alpha value is -0.770. The number of rotatable bonds is 2. The van der Waals surface area contributed by atoms with E-state index in [1.54, 1.807) is 18.0 Å². The summed E-state index contributed by atoms with van der Waals surface area (Å²) in [5.74, 6) is 0.973. The van der Waals surface area contributed by atoms with Crippen LogP contribution in [0.1, 0.15) is 6.92 Å². The van der Waals surface area contributed by atoms with Gasteiger partial charge in [-0.25, -0.2) is 0 Å². The van der Waals surface area contributed by atoms with Crippen molar-refractivity contribution in [2.45, 2.75) is 11.9 Å². The van der Waals surface area contributed by atoms with E-state index in [1.807, 2.05) is 6.92 Å². The Kier molecular flexibility index (Phi) is 2.50. The van der Waals surface area contributed by atoms with Crippen LogP contribution in [0.25, 0.3) is 0 Å². The van der Waals surface area contributed by atoms with Gasteiger partial charge in [0.1, 0.15) is 5.03 Å². The molecule has 3 nitrogen and oxygen atoms in total. The zero-order chi connectivity index (χ0) is 7.40. The minimum atomic E-state index is 0.786. The summed E-state index contributed by atoms with van der Waals surface area (Å²) in [7, 11) is 0. The highest BCUT2D eigenvalue weighted by Gasteiger charge is 1.96. The van der Waals surface area contributed by atoms with Crippen molar-refractivity contribution in [1.29, 1.82) is 0 Å². The van der Waals surface area contributed by atoms with Gasteiger partial charge in [-0.05, 0) is 5.75 Å². The molecule has 0 aliphatic heterocycles. The Morgan fingerprint density at radius 2 is 2.60 bits per heavy atom. The topological polar surface area (TPSA) is 38.8 Å². The molecule has 0 aromatic carbocycles. The summed E-state index contributed by atoms with van der Waals surface area (Å²) in [5.41, 5.74) is 0. The van der Waals surface area contributed by atoms with Crippen LogP contribution < -0.4 is 4.43 Å². The van der Waals surface area contributed by atoms with E-state index in [0.717, 1.165) is 15.2 Å². The van der Waals surface area contributed by atoms with E-state index in [1.165, 1.54) is 12.4 Å². The number of nitrogens with zero attached hydrogens (tertiary/aromatic N) is 1. The molecule has 10 heavy (non-hydrogen) atoms. The quantitative estimate of drug-likeness (QED) is 0.514. The molecule has 54 valence electrons. The molecule has 1 rings (SSSR count). The maximum atomic E-state index is 10.6. The van der Waals surface area contributed by atoms with Crippen molar-refractivity contribution >= 4 is 11.8 Å². The zero-order valence-electron chi connectivity index (χ0n) is 5.70. The molecule has 1 heterocycles. The van der Waals surface area contributed by atoms with E-state index < -0.39 is 0 Å². The van der Waals surface area contributed by atoms with E-state index in [2.05, 4.69) is 4.98 Å². The molecule has 0 bridgehead atoms. The van der Waals surface area contributed by atoms with Gasteiger partial charge in [-0.15, -0.1) is 11.8 Å². The van der Waals surface area contributed by atoms with Crippen molar-refractivity contribution in [1.82, 2.24) is 4.98 Å². The molecule has 0 aliphatic carbocycles. The molecular formula is C6H9N2OS+. The normalized spacial score (nSPS) is 9.70. The molecule has 4 heteroatoms. The SMILES string of the molecule is CCSc1c[n+](=O)cc[nH]1. The maximum Gasteiger partial charge on any atom is 0.257 e. The van der Waals surface area contributed by atoms with Crippen LogP contribution >= 0.6 is 11.8 Å². The first kappa shape index (κ1) is 7.34. The zero-order valence-corrected chi connectivity index (χ0v) is 6.52. The first-order valence-corrected chi connectivity index (χ1v) is 4.05. The highest BCUT2D eigenvalue weighted by atomic mass is 32.2. The van der Waals surface area contributed by atoms with Gasteiger partial charge in [-0.3, -0.25) is 0 Å². The van der Waals surface area contributed by atoms with Crippen LogP contribution in [0.3, 0.4) is 0 Å². The van der Waals surface area contributed by atoms with E-state index >= 15 is 0 Å². The van der Waals surface area contributed by atoms with Crippen molar-refractivity contribution in [3.8, 4) is 0 Å². The van der Waals surface area contributed by atoms with Crippen molar-refractivity contribution < 1.29 is 4.43 Å². The molecule has 0 aliphatic rings. The highest BCUT2D eigenvalue weighted by Crippen LogP contribution is 2.09. The van der Waals surface area contributed by atoms with Gasteiger partial charge in [0.15, 0.2) is 0 Å². The largest absolute Gasteiger partial charge is 0.346 e. The van der Waals surface area contributed by atoms with Crippen LogP contribution in [0.4, 0.5) is 0 Å². The van der Waals surface area contributed by atoms with Crippen LogP contribution in [0.2, 0.25) is 0 Å². The molecular weight excluding hydrogens is 148 g/mol. The Morgan fingerprint density at radius 1 is 1.80 bits per heavy atom. The number of nitrogens with one attached hydrogen (secondary N) is 1. The molecule has 0 fully saturated rings. The third-order valence-electron chi connectivity index (χ3n) is 0.991. The molecule has 0 spiro atoms. The summed E-state index contributed by atoms with van der Waals surface area (Å²) in [6.45, 7) is 2.04. The summed E-state index contributed by atoms with van der Waals surface area (Å²) < 4.78 is 0.786. The van der Waals surface area contributed by atoms with Gasteiger partial charge in [0.05, 0.1) is 10.6 Å². The van der Waals surface area contributed by atoms with Crippen molar-refractivity contribution in [3.63, 3.8) is 0 Å². The minimum Gasteiger partial charge on any atom is -0.346 e. The predicted octanol–water partition coefficient (Wildman–Crippen LogP) is 1.04. The lowest BCUT2D eigenvalue weighted by atomic mass is 10.8. The highest BCUT2D eigenvalue weighted by molar-refractivity contribution is 7.99. The number of thioether (sulfide) groups is 1. The second-order valence-corrected chi connectivity index (χ2v) is 3.05. The van der Waals surface area contributed by atoms with Gasteiger partial charge in [0.25, 0.3) is 6.20 Å². The standard InChI is InChI=1S/C6H9N2OS/c1-2-10-6-5-8(9)4-3-7-6/h3-5H,2H2,1H3,(H,7,9)/q+1. The fourth-order valence-electron chi connectivity index (χ4n) is 0.623. The van der Waals surface area contributed by atoms with Crippen molar-refractivity contribution in [2.24, 2.45) is 0 Å². The lowest BCUT2D eigenvalue weighted by Crippen LogP contribution is -2.11. The lowest BCUT2D eigenvalue weighted by Gasteiger charge is -1.89. The van der Waals surface area contributed by atoms with E-state index in [4.69, 9.17) is 0 Å². The average molecular weight is 157 g/mol. The van der Waals surface area contributed by atoms with Crippen molar-refractivity contribution in [3.05, 3.63) is 23.5 Å². The first-order chi connectivity index (χ1) is 4.83. The smallest absolute Gasteiger partial charge is 0.257 e. The fraction of sp³-hybridized carbons (Fsp3) is 0.333. The minimum absolute atomic E-state index is 0.786. The summed E-state index contributed by atoms with van der Waals surface area (Å²) in [6, 6.07) is 0. The van der Waals surface area contributed by atoms with E-state index in [-0.39, 0.29) is 0 Å². The maximum absolute atomic E-state index is 10.6. The molecule has 0 saturated carbocycles. The second-order valence-electron chi connectivity index (χ2n) is 1.75. The van der Waals surface area contributed by atoms with E-state index in [9.17, 15) is 4.91 Å². The van der Waals surface area contributed by atoms with Crippen LogP contribution in [-0.2, 0) is 0 Å². The number of hydrogen-bond acceptors (Lipinski definition) is 2. The third kappa shape index (κ3) is 1.88. The molecule has 1 aromatic heterocycles. The number of hydrogen-bond donors (Lipinski definition) is 1. The van der Waals surface area contributed by atoms with Crippen molar-refractivity contribution in [2.75, 3.05) is 5.75 Å². The Balaban J connectivity index is 2.85. The second kappa shape index (κ2) is 3.41. The van der Waals surface area contributed by atoms with Crippen LogP contribution in [-0.4, -0.2) is 10.7 Å². The van der Waals surface area contributed by atoms with Gasteiger partial charge in [-0.1, -0.05) is 6.92 Å². The fourth-order valence-corrected chi connectivity index (χ4v) is 1.26. The Labute approximate surface area is 63.1 Å². The van der Waals surface area contributed by atoms with Gasteiger partial charge in [0, 0.05) is 4.91 Å². The molecule has 0 saturated heterocycles. The van der Waals surface area contributed by atoms with Crippen LogP contribution in [0, 0.1) is 4.91 Å². The monoisotopic (exact) mass is 157 g/mol. The van der Waals surface area contributed by atoms with Gasteiger partial charge >= 0.3 is 0 Å². The molecule has 1 N–H and O–H groups in total. The number of aromatic nitrogens is 2. The van der Waals surface area contributed by atoms with Crippen LogP contribution in [0.5, 0.6) is 0 Å². The van der Waals surface area contributed by atoms with Gasteiger partial charge < -0.3 is 4.98 Å². The third-order valence-corrected chi connectivity index (χ3v) is 1.81. The average Bonchev–Trinajstić information content (AvgIpc) is 1.88. The molecule has 0 atom stereocenters. The number of H-pyrrole nitrogens is 1. The summed E-state index contributed by atoms with van der Waals surface area (Å²) in [5, 5.41) is 0.903. The first-order valence-electron chi connectivity index (χ1n) is 3.06. The summed E-state index contributed by atoms with van der Waals surface area (Å²) in [4.78, 5) is 13.6. The van der Waals surface area contributed by atoms with Gasteiger partial charge in [0.2, 0.25) is 6.20 Å². The summed E-state index contributed by atoms with van der Waals surface area (Å²) >= 11 is 1.61. The molecule has 0 amide bonds. The van der Waals surface area contributed by atoms with E-state index in [0.29, 0.717) is 0 Å². The molecule has 0 unspecified atom stereocenters. The Bertz CT molecular complexity index is 258. The van der Waals surface area contributed by atoms with Crippen LogP contribution in [0.15, 0.2) is 23.6 Å². The lowest BCUT2D eigenvalue weighted by molar-refractivity contribution is -0.498. The van der Waals surface area contributed by atoms with Gasteiger partial charge in [-0.2, -0.15) is 0 Å². The molecule has 1 aromatic rings. The molecule has 0 radical (unpaired) electrons. The summed E-state index contributed by atoms with van der Waals surface area (Å²) in [6.07, 6.45) is 4.58. The Morgan fingerprint density at radius 3 is 3.20 bits per heavy atom. The number of aromatic amines is 1. The predicted molar refractivity (Wildman–Crippen MR) is 40.6 cm³/mol.